The standard InChI is InChI=1S/C15H9F4NO3S/c16-7-3-1-2-6(4-7)10-11-12(24-13(10)14(22)23)8(15(17,18)19)5-9(21)20-11/h1-4,8H,5H2,(H,20,21)(H,22,23)/t8-/m1/s1. The molecule has 0 fully saturated rings. The third kappa shape index (κ3) is 2.75. The number of halogens is 4. The number of fused-ring (bicyclic) bond motifs is 1. The van der Waals surface area contributed by atoms with Crippen LogP contribution in [0.2, 0.25) is 0 Å². The molecule has 1 aromatic carbocycles. The van der Waals surface area contributed by atoms with Gasteiger partial charge in [0.1, 0.15) is 16.6 Å². The summed E-state index contributed by atoms with van der Waals surface area (Å²) < 4.78 is 53.1. The van der Waals surface area contributed by atoms with E-state index in [0.29, 0.717) is 11.3 Å². The molecule has 1 aromatic heterocycles. The number of hydrogen-bond acceptors (Lipinski definition) is 3. The second kappa shape index (κ2) is 5.59. The van der Waals surface area contributed by atoms with Gasteiger partial charge in [0, 0.05) is 16.9 Å². The van der Waals surface area contributed by atoms with Crippen LogP contribution in [0, 0.1) is 5.82 Å². The molecule has 0 unspecified atom stereocenters. The lowest BCUT2D eigenvalue weighted by molar-refractivity contribution is -0.156. The monoisotopic (exact) mass is 359 g/mol. The minimum atomic E-state index is -4.69. The normalized spacial score (nSPS) is 17.3. The van der Waals surface area contributed by atoms with Gasteiger partial charge in [-0.3, -0.25) is 4.79 Å². The fourth-order valence-corrected chi connectivity index (χ4v) is 3.86. The zero-order chi connectivity index (χ0) is 17.6. The summed E-state index contributed by atoms with van der Waals surface area (Å²) in [6.45, 7) is 0. The molecular weight excluding hydrogens is 350 g/mol. The second-order valence-electron chi connectivity index (χ2n) is 5.21. The number of rotatable bonds is 2. The lowest BCUT2D eigenvalue weighted by Crippen LogP contribution is -2.30. The summed E-state index contributed by atoms with van der Waals surface area (Å²) in [5.74, 6) is -5.05. The zero-order valence-corrected chi connectivity index (χ0v) is 12.6. The van der Waals surface area contributed by atoms with Crippen LogP contribution < -0.4 is 5.32 Å². The van der Waals surface area contributed by atoms with E-state index in [1.54, 1.807) is 0 Å². The number of carbonyl (C=O) groups is 2. The van der Waals surface area contributed by atoms with Crippen molar-refractivity contribution in [2.45, 2.75) is 18.5 Å². The van der Waals surface area contributed by atoms with E-state index in [9.17, 15) is 32.3 Å². The van der Waals surface area contributed by atoms with Crippen LogP contribution in [0.1, 0.15) is 26.9 Å². The Morgan fingerprint density at radius 2 is 2.04 bits per heavy atom. The molecule has 1 aliphatic heterocycles. The van der Waals surface area contributed by atoms with E-state index in [2.05, 4.69) is 5.32 Å². The highest BCUT2D eigenvalue weighted by molar-refractivity contribution is 7.15. The van der Waals surface area contributed by atoms with E-state index in [1.165, 1.54) is 12.1 Å². The molecule has 0 saturated carbocycles. The number of aromatic carboxylic acids is 1. The van der Waals surface area contributed by atoms with Crippen molar-refractivity contribution >= 4 is 28.9 Å². The van der Waals surface area contributed by atoms with Gasteiger partial charge in [0.25, 0.3) is 0 Å². The van der Waals surface area contributed by atoms with Crippen LogP contribution in [0.5, 0.6) is 0 Å². The molecule has 0 radical (unpaired) electrons. The number of benzene rings is 1. The third-order valence-electron chi connectivity index (χ3n) is 3.61. The van der Waals surface area contributed by atoms with E-state index in [4.69, 9.17) is 0 Å². The van der Waals surface area contributed by atoms with Gasteiger partial charge >= 0.3 is 12.1 Å². The van der Waals surface area contributed by atoms with Crippen molar-refractivity contribution in [2.75, 3.05) is 5.32 Å². The lowest BCUT2D eigenvalue weighted by atomic mass is 9.93. The van der Waals surface area contributed by atoms with Crippen molar-refractivity contribution in [3.05, 3.63) is 39.8 Å². The van der Waals surface area contributed by atoms with Gasteiger partial charge in [0.2, 0.25) is 5.91 Å². The molecule has 126 valence electrons. The Balaban J connectivity index is 2.28. The molecule has 1 aliphatic rings. The van der Waals surface area contributed by atoms with Gasteiger partial charge in [0.05, 0.1) is 5.69 Å². The lowest BCUT2D eigenvalue weighted by Gasteiger charge is -2.25. The fraction of sp³-hybridized carbons (Fsp3) is 0.200. The van der Waals surface area contributed by atoms with Crippen molar-refractivity contribution in [1.29, 1.82) is 0 Å². The van der Waals surface area contributed by atoms with Gasteiger partial charge in [-0.2, -0.15) is 13.2 Å². The Labute approximate surface area is 136 Å². The summed E-state index contributed by atoms with van der Waals surface area (Å²) in [7, 11) is 0. The van der Waals surface area contributed by atoms with Crippen LogP contribution in [-0.2, 0) is 4.79 Å². The summed E-state index contributed by atoms with van der Waals surface area (Å²) in [5, 5.41) is 11.6. The number of hydrogen-bond donors (Lipinski definition) is 2. The predicted molar refractivity (Wildman–Crippen MR) is 78.7 cm³/mol. The molecule has 24 heavy (non-hydrogen) atoms. The van der Waals surface area contributed by atoms with E-state index in [0.717, 1.165) is 12.1 Å². The first-order valence-electron chi connectivity index (χ1n) is 6.71. The quantitative estimate of drug-likeness (QED) is 0.788. The van der Waals surface area contributed by atoms with Crippen molar-refractivity contribution in [3.8, 4) is 11.1 Å². The van der Waals surface area contributed by atoms with Crippen molar-refractivity contribution in [2.24, 2.45) is 0 Å². The van der Waals surface area contributed by atoms with Crippen LogP contribution >= 0.6 is 11.3 Å². The smallest absolute Gasteiger partial charge is 0.397 e. The van der Waals surface area contributed by atoms with Crippen LogP contribution in [0.4, 0.5) is 23.2 Å². The molecule has 1 atom stereocenters. The average molecular weight is 359 g/mol. The Bertz CT molecular complexity index is 844. The number of thiophene rings is 1. The molecule has 0 bridgehead atoms. The van der Waals surface area contributed by atoms with Crippen molar-refractivity contribution < 1.29 is 32.3 Å². The van der Waals surface area contributed by atoms with Gasteiger partial charge in [-0.1, -0.05) is 12.1 Å². The summed E-state index contributed by atoms with van der Waals surface area (Å²) in [5.41, 5.74) is -0.223. The molecule has 0 saturated heterocycles. The van der Waals surface area contributed by atoms with Gasteiger partial charge in [-0.25, -0.2) is 9.18 Å². The number of amides is 1. The minimum absolute atomic E-state index is 0.0908. The largest absolute Gasteiger partial charge is 0.477 e. The highest BCUT2D eigenvalue weighted by Gasteiger charge is 2.47. The SMILES string of the molecule is O=C1C[C@@H](C(F)(F)F)c2sc(C(=O)O)c(-c3cccc(F)c3)c2N1. The highest BCUT2D eigenvalue weighted by atomic mass is 32.1. The summed E-state index contributed by atoms with van der Waals surface area (Å²) in [6, 6.07) is 4.82. The van der Waals surface area contributed by atoms with Crippen LogP contribution in [0.25, 0.3) is 11.1 Å². The molecule has 1 amide bonds. The van der Waals surface area contributed by atoms with Crippen LogP contribution in [0.3, 0.4) is 0 Å². The summed E-state index contributed by atoms with van der Waals surface area (Å²) in [4.78, 5) is 22.5. The number of carboxylic acid groups (broad SMARTS) is 1. The third-order valence-corrected chi connectivity index (χ3v) is 4.90. The Hall–Kier alpha value is -2.42. The second-order valence-corrected chi connectivity index (χ2v) is 6.26. The van der Waals surface area contributed by atoms with Crippen LogP contribution in [-0.4, -0.2) is 23.2 Å². The van der Waals surface area contributed by atoms with E-state index < -0.39 is 36.2 Å². The maximum absolute atomic E-state index is 13.5. The molecule has 4 nitrogen and oxygen atoms in total. The van der Waals surface area contributed by atoms with Crippen molar-refractivity contribution in [1.82, 2.24) is 0 Å². The average Bonchev–Trinajstić information content (AvgIpc) is 2.84. The molecule has 0 spiro atoms. The molecular formula is C15H9F4NO3S. The Kier molecular flexibility index (Phi) is 3.83. The van der Waals surface area contributed by atoms with Gasteiger partial charge in [-0.15, -0.1) is 11.3 Å². The van der Waals surface area contributed by atoms with Crippen LogP contribution in [0.15, 0.2) is 24.3 Å². The van der Waals surface area contributed by atoms with Gasteiger partial charge in [-0.05, 0) is 17.7 Å². The number of carboxylic acids is 1. The Morgan fingerprint density at radius 1 is 1.33 bits per heavy atom. The summed E-state index contributed by atoms with van der Waals surface area (Å²) >= 11 is 0.451. The van der Waals surface area contributed by atoms with E-state index in [1.807, 2.05) is 0 Å². The van der Waals surface area contributed by atoms with Gasteiger partial charge in [0.15, 0.2) is 0 Å². The molecule has 2 heterocycles. The summed E-state index contributed by atoms with van der Waals surface area (Å²) in [6.07, 6.45) is -5.50. The fourth-order valence-electron chi connectivity index (χ4n) is 2.62. The first-order valence-corrected chi connectivity index (χ1v) is 7.52. The minimum Gasteiger partial charge on any atom is -0.477 e. The highest BCUT2D eigenvalue weighted by Crippen LogP contribution is 2.52. The molecule has 2 N–H and O–H groups in total. The molecule has 2 aromatic rings. The maximum Gasteiger partial charge on any atom is 0.397 e. The first kappa shape index (κ1) is 16.4. The number of alkyl halides is 3. The molecule has 3 rings (SSSR count). The molecule has 0 aliphatic carbocycles. The van der Waals surface area contributed by atoms with E-state index in [-0.39, 0.29) is 26.6 Å². The topological polar surface area (TPSA) is 66.4 Å². The maximum atomic E-state index is 13.5. The number of anilines is 1. The Morgan fingerprint density at radius 3 is 2.62 bits per heavy atom. The van der Waals surface area contributed by atoms with Crippen molar-refractivity contribution in [3.63, 3.8) is 0 Å². The predicted octanol–water partition coefficient (Wildman–Crippen LogP) is 4.24. The number of nitrogens with one attached hydrogen (secondary N) is 1. The molecule has 9 heteroatoms. The van der Waals surface area contributed by atoms with E-state index >= 15 is 0 Å². The van der Waals surface area contributed by atoms with Gasteiger partial charge < -0.3 is 10.4 Å². The number of carbonyl (C=O) groups excluding carboxylic acids is 1. The zero-order valence-electron chi connectivity index (χ0n) is 11.8. The first-order chi connectivity index (χ1) is 11.2.